The number of nitrogens with one attached hydrogen (secondary N) is 1. The Labute approximate surface area is 144 Å². The second kappa shape index (κ2) is 8.58. The summed E-state index contributed by atoms with van der Waals surface area (Å²) in [4.78, 5) is 34.1. The maximum atomic E-state index is 12.2. The van der Waals surface area contributed by atoms with Crippen molar-refractivity contribution in [3.05, 3.63) is 70.3 Å². The highest BCUT2D eigenvalue weighted by molar-refractivity contribution is 5.93. The number of benzene rings is 2. The molecule has 2 rings (SSSR count). The van der Waals surface area contributed by atoms with Crippen LogP contribution in [-0.2, 0) is 14.3 Å². The molecule has 7 heteroatoms. The zero-order chi connectivity index (χ0) is 18.2. The van der Waals surface area contributed by atoms with Crippen molar-refractivity contribution in [3.8, 4) is 0 Å². The monoisotopic (exact) mass is 342 g/mol. The van der Waals surface area contributed by atoms with E-state index in [-0.39, 0.29) is 5.69 Å². The molecule has 2 aromatic rings. The zero-order valence-electron chi connectivity index (χ0n) is 13.7. The van der Waals surface area contributed by atoms with Gasteiger partial charge in [0.2, 0.25) is 0 Å². The van der Waals surface area contributed by atoms with Crippen LogP contribution in [0.15, 0.2) is 54.6 Å². The first-order valence-electron chi connectivity index (χ1n) is 7.77. The number of carbonyl (C=O) groups excluding carboxylic acids is 2. The molecule has 0 aliphatic carbocycles. The van der Waals surface area contributed by atoms with Gasteiger partial charge in [-0.3, -0.25) is 19.7 Å². The number of nitro groups is 1. The largest absolute Gasteiger partial charge is 0.455 e. The Hall–Kier alpha value is -3.22. The lowest BCUT2D eigenvalue weighted by molar-refractivity contribution is -0.384. The van der Waals surface area contributed by atoms with Gasteiger partial charge < -0.3 is 10.1 Å². The van der Waals surface area contributed by atoms with Gasteiger partial charge in [-0.2, -0.15) is 0 Å². The second-order valence-electron chi connectivity index (χ2n) is 5.33. The lowest BCUT2D eigenvalue weighted by Gasteiger charge is -2.14. The predicted molar refractivity (Wildman–Crippen MR) is 92.2 cm³/mol. The minimum atomic E-state index is -0.526. The Morgan fingerprint density at radius 2 is 1.76 bits per heavy atom. The first-order chi connectivity index (χ1) is 12.0. The Morgan fingerprint density at radius 1 is 1.12 bits per heavy atom. The first-order valence-corrected chi connectivity index (χ1v) is 7.77. The molecule has 0 unspecified atom stereocenters. The number of amides is 1. The number of carbonyl (C=O) groups is 2. The molecule has 1 amide bonds. The average Bonchev–Trinajstić information content (AvgIpc) is 2.62. The fourth-order valence-corrected chi connectivity index (χ4v) is 2.32. The van der Waals surface area contributed by atoms with Gasteiger partial charge in [0, 0.05) is 17.8 Å². The van der Waals surface area contributed by atoms with Crippen LogP contribution in [0.4, 0.5) is 11.4 Å². The van der Waals surface area contributed by atoms with Crippen molar-refractivity contribution < 1.29 is 19.2 Å². The summed E-state index contributed by atoms with van der Waals surface area (Å²) in [7, 11) is 0. The fourth-order valence-electron chi connectivity index (χ4n) is 2.32. The van der Waals surface area contributed by atoms with E-state index < -0.39 is 29.3 Å². The Balaban J connectivity index is 1.88. The molecule has 1 N–H and O–H groups in total. The summed E-state index contributed by atoms with van der Waals surface area (Å²) in [6.07, 6.45) is 0.562. The maximum absolute atomic E-state index is 12.2. The van der Waals surface area contributed by atoms with E-state index in [0.29, 0.717) is 12.1 Å². The molecule has 25 heavy (non-hydrogen) atoms. The first kappa shape index (κ1) is 18.1. The highest BCUT2D eigenvalue weighted by atomic mass is 16.6. The van der Waals surface area contributed by atoms with Crippen molar-refractivity contribution in [2.45, 2.75) is 19.3 Å². The van der Waals surface area contributed by atoms with Gasteiger partial charge in [-0.1, -0.05) is 37.3 Å². The van der Waals surface area contributed by atoms with Gasteiger partial charge in [0.15, 0.2) is 6.61 Å². The lowest BCUT2D eigenvalue weighted by Crippen LogP contribution is -2.23. The summed E-state index contributed by atoms with van der Waals surface area (Å²) in [6, 6.07) is 14.6. The smallest absolute Gasteiger partial charge is 0.313 e. The number of hydrogen-bond acceptors (Lipinski definition) is 5. The third-order valence-electron chi connectivity index (χ3n) is 3.60. The molecular weight excluding hydrogens is 324 g/mol. The number of nitrogens with zero attached hydrogens (tertiary/aromatic N) is 1. The Morgan fingerprint density at radius 3 is 2.32 bits per heavy atom. The summed E-state index contributed by atoms with van der Waals surface area (Å²) >= 11 is 0. The van der Waals surface area contributed by atoms with E-state index in [1.165, 1.54) is 24.3 Å². The van der Waals surface area contributed by atoms with Gasteiger partial charge in [-0.25, -0.2) is 0 Å². The summed E-state index contributed by atoms with van der Waals surface area (Å²) in [5, 5.41) is 13.1. The topological polar surface area (TPSA) is 98.5 Å². The molecular formula is C18H18N2O5. The second-order valence-corrected chi connectivity index (χ2v) is 5.33. The van der Waals surface area contributed by atoms with E-state index in [4.69, 9.17) is 4.74 Å². The van der Waals surface area contributed by atoms with Crippen molar-refractivity contribution in [3.63, 3.8) is 0 Å². The third kappa shape index (κ3) is 5.13. The Kier molecular flexibility index (Phi) is 6.22. The van der Waals surface area contributed by atoms with Gasteiger partial charge in [-0.05, 0) is 24.1 Å². The fraction of sp³-hybridized carbons (Fsp3) is 0.222. The Bertz CT molecular complexity index is 744. The summed E-state index contributed by atoms with van der Waals surface area (Å²) in [5.41, 5.74) is 1.16. The van der Waals surface area contributed by atoms with E-state index >= 15 is 0 Å². The third-order valence-corrected chi connectivity index (χ3v) is 3.60. The molecule has 0 spiro atoms. The molecule has 0 radical (unpaired) electrons. The molecule has 0 aliphatic rings. The number of esters is 1. The summed E-state index contributed by atoms with van der Waals surface area (Å²) in [6.45, 7) is 1.45. The molecule has 0 bridgehead atoms. The van der Waals surface area contributed by atoms with Gasteiger partial charge in [0.25, 0.3) is 11.6 Å². The van der Waals surface area contributed by atoms with Crippen LogP contribution in [0.3, 0.4) is 0 Å². The van der Waals surface area contributed by atoms with Crippen LogP contribution in [0.1, 0.15) is 24.8 Å². The molecule has 130 valence electrons. The van der Waals surface area contributed by atoms with Crippen LogP contribution in [-0.4, -0.2) is 23.4 Å². The van der Waals surface area contributed by atoms with Gasteiger partial charge in [-0.15, -0.1) is 0 Å². The van der Waals surface area contributed by atoms with Crippen molar-refractivity contribution in [2.75, 3.05) is 11.9 Å². The number of hydrogen-bond donors (Lipinski definition) is 1. The molecule has 0 saturated carbocycles. The molecule has 0 aliphatic heterocycles. The number of anilines is 1. The van der Waals surface area contributed by atoms with Gasteiger partial charge in [0.05, 0.1) is 10.8 Å². The summed E-state index contributed by atoms with van der Waals surface area (Å²) in [5.74, 6) is -1.40. The maximum Gasteiger partial charge on any atom is 0.313 e. The normalized spacial score (nSPS) is 11.4. The lowest BCUT2D eigenvalue weighted by atomic mass is 9.97. The molecule has 0 fully saturated rings. The number of rotatable bonds is 7. The van der Waals surface area contributed by atoms with Crippen LogP contribution >= 0.6 is 0 Å². The van der Waals surface area contributed by atoms with Crippen LogP contribution < -0.4 is 5.32 Å². The zero-order valence-corrected chi connectivity index (χ0v) is 13.7. The van der Waals surface area contributed by atoms with Crippen molar-refractivity contribution in [2.24, 2.45) is 0 Å². The van der Waals surface area contributed by atoms with Gasteiger partial charge in [0.1, 0.15) is 0 Å². The van der Waals surface area contributed by atoms with Crippen molar-refractivity contribution in [1.29, 1.82) is 0 Å². The molecule has 7 nitrogen and oxygen atoms in total. The van der Waals surface area contributed by atoms with Gasteiger partial charge >= 0.3 is 5.97 Å². The minimum absolute atomic E-state index is 0.0712. The number of ether oxygens (including phenoxy) is 1. The minimum Gasteiger partial charge on any atom is -0.455 e. The molecule has 1 atom stereocenters. The summed E-state index contributed by atoms with van der Waals surface area (Å²) < 4.78 is 5.09. The average molecular weight is 342 g/mol. The van der Waals surface area contributed by atoms with Crippen molar-refractivity contribution >= 4 is 23.3 Å². The molecule has 0 heterocycles. The standard InChI is InChI=1S/C18H18N2O5/c1-2-16(13-6-4-3-5-7-13)18(22)25-12-17(21)19-14-8-10-15(11-9-14)20(23)24/h3-11,16H,2,12H2,1H3,(H,19,21)/t16-/m1/s1. The van der Waals surface area contributed by atoms with E-state index in [2.05, 4.69) is 5.32 Å². The van der Waals surface area contributed by atoms with Crippen LogP contribution in [0, 0.1) is 10.1 Å². The quantitative estimate of drug-likeness (QED) is 0.473. The van der Waals surface area contributed by atoms with Crippen LogP contribution in [0.25, 0.3) is 0 Å². The molecule has 0 saturated heterocycles. The number of nitro benzene ring substituents is 1. The van der Waals surface area contributed by atoms with E-state index in [1.54, 1.807) is 0 Å². The molecule has 2 aromatic carbocycles. The van der Waals surface area contributed by atoms with Crippen LogP contribution in [0.2, 0.25) is 0 Å². The van der Waals surface area contributed by atoms with E-state index in [0.717, 1.165) is 5.56 Å². The highest BCUT2D eigenvalue weighted by Crippen LogP contribution is 2.21. The predicted octanol–water partition coefficient (Wildman–Crippen LogP) is 3.27. The molecule has 0 aromatic heterocycles. The van der Waals surface area contributed by atoms with E-state index in [1.807, 2.05) is 37.3 Å². The number of non-ortho nitro benzene ring substituents is 1. The van der Waals surface area contributed by atoms with E-state index in [9.17, 15) is 19.7 Å². The highest BCUT2D eigenvalue weighted by Gasteiger charge is 2.21. The van der Waals surface area contributed by atoms with Crippen molar-refractivity contribution in [1.82, 2.24) is 0 Å². The SMILES string of the molecule is CC[C@@H](C(=O)OCC(=O)Nc1ccc([N+](=O)[O-])cc1)c1ccccc1. The van der Waals surface area contributed by atoms with Crippen LogP contribution in [0.5, 0.6) is 0 Å².